The number of benzene rings is 1. The number of aryl methyl sites for hydroxylation is 1. The van der Waals surface area contributed by atoms with Gasteiger partial charge in [0.05, 0.1) is 11.0 Å². The van der Waals surface area contributed by atoms with E-state index in [1.165, 1.54) is 12.1 Å². The van der Waals surface area contributed by atoms with Gasteiger partial charge in [0.2, 0.25) is 0 Å². The van der Waals surface area contributed by atoms with E-state index in [-0.39, 0.29) is 5.82 Å². The number of aromatic nitrogens is 2. The lowest BCUT2D eigenvalue weighted by molar-refractivity contribution is 0.599. The molecule has 2 rings (SSSR count). The molecule has 1 aromatic heterocycles. The van der Waals surface area contributed by atoms with Crippen LogP contribution in [0.5, 0.6) is 0 Å². The van der Waals surface area contributed by atoms with Gasteiger partial charge in [-0.2, -0.15) is 0 Å². The number of nitrogens with two attached hydrogens (primary N) is 1. The smallest absolute Gasteiger partial charge is 0.125 e. The van der Waals surface area contributed by atoms with Crippen molar-refractivity contribution < 1.29 is 4.39 Å². The number of halogens is 1. The van der Waals surface area contributed by atoms with Crippen LogP contribution in [0.25, 0.3) is 11.0 Å². The Bertz CT molecular complexity index is 519. The normalized spacial score (nSPS) is 13.2. The van der Waals surface area contributed by atoms with Gasteiger partial charge in [-0.25, -0.2) is 9.37 Å². The zero-order valence-corrected chi connectivity index (χ0v) is 10.3. The maximum absolute atomic E-state index is 13.2. The van der Waals surface area contributed by atoms with E-state index in [1.54, 1.807) is 6.07 Å². The molecule has 4 heteroatoms. The fourth-order valence-electron chi connectivity index (χ4n) is 2.21. The molecule has 0 saturated carbocycles. The van der Waals surface area contributed by atoms with Crippen LogP contribution < -0.4 is 5.73 Å². The highest BCUT2D eigenvalue weighted by atomic mass is 19.1. The summed E-state index contributed by atoms with van der Waals surface area (Å²) in [5, 5.41) is 0. The Morgan fingerprint density at radius 2 is 2.24 bits per heavy atom. The van der Waals surface area contributed by atoms with Crippen LogP contribution in [0, 0.1) is 5.82 Å². The van der Waals surface area contributed by atoms with Gasteiger partial charge in [-0.15, -0.1) is 0 Å². The Kier molecular flexibility index (Phi) is 3.43. The summed E-state index contributed by atoms with van der Waals surface area (Å²) in [7, 11) is 0. The maximum atomic E-state index is 13.2. The second-order valence-corrected chi connectivity index (χ2v) is 4.33. The lowest BCUT2D eigenvalue weighted by Crippen LogP contribution is -2.10. The summed E-state index contributed by atoms with van der Waals surface area (Å²) in [5.74, 6) is 1.06. The SMILES string of the molecule is CCn1c(C(C)CCN)nc2cc(F)ccc21. The number of rotatable bonds is 4. The monoisotopic (exact) mass is 235 g/mol. The van der Waals surface area contributed by atoms with E-state index in [0.717, 1.165) is 29.8 Å². The van der Waals surface area contributed by atoms with Gasteiger partial charge < -0.3 is 10.3 Å². The molecule has 0 aliphatic rings. The first kappa shape index (κ1) is 12.0. The van der Waals surface area contributed by atoms with E-state index in [2.05, 4.69) is 23.4 Å². The first-order chi connectivity index (χ1) is 8.17. The van der Waals surface area contributed by atoms with E-state index in [1.807, 2.05) is 0 Å². The van der Waals surface area contributed by atoms with Crippen LogP contribution in [0.3, 0.4) is 0 Å². The van der Waals surface area contributed by atoms with Crippen LogP contribution >= 0.6 is 0 Å². The van der Waals surface area contributed by atoms with Crippen LogP contribution in [0.1, 0.15) is 32.0 Å². The van der Waals surface area contributed by atoms with Crippen LogP contribution in [0.15, 0.2) is 18.2 Å². The molecule has 0 bridgehead atoms. The average molecular weight is 235 g/mol. The number of fused-ring (bicyclic) bond motifs is 1. The second-order valence-electron chi connectivity index (χ2n) is 4.33. The first-order valence-corrected chi connectivity index (χ1v) is 6.03. The zero-order chi connectivity index (χ0) is 12.4. The molecule has 1 unspecified atom stereocenters. The molecule has 0 spiro atoms. The summed E-state index contributed by atoms with van der Waals surface area (Å²) >= 11 is 0. The largest absolute Gasteiger partial charge is 0.330 e. The van der Waals surface area contributed by atoms with Crippen molar-refractivity contribution in [3.8, 4) is 0 Å². The lowest BCUT2D eigenvalue weighted by Gasteiger charge is -2.12. The van der Waals surface area contributed by atoms with Crippen molar-refractivity contribution in [2.45, 2.75) is 32.7 Å². The average Bonchev–Trinajstić information content (AvgIpc) is 2.66. The molecule has 2 N–H and O–H groups in total. The van der Waals surface area contributed by atoms with E-state index in [4.69, 9.17) is 5.73 Å². The Hall–Kier alpha value is -1.42. The Balaban J connectivity index is 2.55. The Morgan fingerprint density at radius 1 is 1.47 bits per heavy atom. The van der Waals surface area contributed by atoms with Crippen molar-refractivity contribution in [2.24, 2.45) is 5.73 Å². The molecule has 3 nitrogen and oxygen atoms in total. The van der Waals surface area contributed by atoms with Gasteiger partial charge in [-0.3, -0.25) is 0 Å². The minimum atomic E-state index is -0.240. The number of hydrogen-bond acceptors (Lipinski definition) is 2. The van der Waals surface area contributed by atoms with Gasteiger partial charge in [-0.05, 0) is 32.0 Å². The third-order valence-corrected chi connectivity index (χ3v) is 3.10. The highest BCUT2D eigenvalue weighted by Gasteiger charge is 2.15. The number of nitrogens with zero attached hydrogens (tertiary/aromatic N) is 2. The number of imidazole rings is 1. The van der Waals surface area contributed by atoms with Gasteiger partial charge in [0.25, 0.3) is 0 Å². The summed E-state index contributed by atoms with van der Waals surface area (Å²) < 4.78 is 15.3. The highest BCUT2D eigenvalue weighted by Crippen LogP contribution is 2.24. The van der Waals surface area contributed by atoms with Crippen molar-refractivity contribution in [3.63, 3.8) is 0 Å². The zero-order valence-electron chi connectivity index (χ0n) is 10.3. The molecule has 1 atom stereocenters. The van der Waals surface area contributed by atoms with Gasteiger partial charge in [0.15, 0.2) is 0 Å². The molecule has 0 radical (unpaired) electrons. The summed E-state index contributed by atoms with van der Waals surface area (Å²) in [5.41, 5.74) is 7.30. The molecule has 1 aromatic carbocycles. The van der Waals surface area contributed by atoms with Gasteiger partial charge in [0.1, 0.15) is 11.6 Å². The molecule has 0 amide bonds. The molecule has 2 aromatic rings. The first-order valence-electron chi connectivity index (χ1n) is 6.03. The fourth-order valence-corrected chi connectivity index (χ4v) is 2.21. The maximum Gasteiger partial charge on any atom is 0.125 e. The van der Waals surface area contributed by atoms with Crippen LogP contribution in [-0.2, 0) is 6.54 Å². The molecule has 92 valence electrons. The minimum absolute atomic E-state index is 0.240. The molecule has 0 aliphatic heterocycles. The van der Waals surface area contributed by atoms with Gasteiger partial charge in [-0.1, -0.05) is 6.92 Å². The third kappa shape index (κ3) is 2.17. The van der Waals surface area contributed by atoms with Crippen molar-refractivity contribution in [2.75, 3.05) is 6.54 Å². The molecule has 0 fully saturated rings. The van der Waals surface area contributed by atoms with E-state index in [0.29, 0.717) is 12.5 Å². The molecular weight excluding hydrogens is 217 g/mol. The summed E-state index contributed by atoms with van der Waals surface area (Å²) in [4.78, 5) is 4.53. The third-order valence-electron chi connectivity index (χ3n) is 3.10. The van der Waals surface area contributed by atoms with Crippen molar-refractivity contribution in [1.82, 2.24) is 9.55 Å². The van der Waals surface area contributed by atoms with Crippen LogP contribution in [0.2, 0.25) is 0 Å². The van der Waals surface area contributed by atoms with Crippen LogP contribution in [0.4, 0.5) is 4.39 Å². The predicted molar refractivity (Wildman–Crippen MR) is 67.5 cm³/mol. The quantitative estimate of drug-likeness (QED) is 0.885. The summed E-state index contributed by atoms with van der Waals surface area (Å²) in [6, 6.07) is 4.76. The predicted octanol–water partition coefficient (Wildman–Crippen LogP) is 2.65. The van der Waals surface area contributed by atoms with E-state index >= 15 is 0 Å². The van der Waals surface area contributed by atoms with Crippen molar-refractivity contribution in [1.29, 1.82) is 0 Å². The molecular formula is C13H18FN3. The second kappa shape index (κ2) is 4.84. The Labute approximate surface area is 100 Å². The van der Waals surface area contributed by atoms with Crippen LogP contribution in [-0.4, -0.2) is 16.1 Å². The summed E-state index contributed by atoms with van der Waals surface area (Å²) in [6.07, 6.45) is 0.895. The lowest BCUT2D eigenvalue weighted by atomic mass is 10.1. The molecule has 0 saturated heterocycles. The van der Waals surface area contributed by atoms with Crippen molar-refractivity contribution >= 4 is 11.0 Å². The Morgan fingerprint density at radius 3 is 2.88 bits per heavy atom. The van der Waals surface area contributed by atoms with Crippen molar-refractivity contribution in [3.05, 3.63) is 29.8 Å². The van der Waals surface area contributed by atoms with E-state index < -0.39 is 0 Å². The molecule has 17 heavy (non-hydrogen) atoms. The van der Waals surface area contributed by atoms with Gasteiger partial charge in [0, 0.05) is 18.5 Å². The topological polar surface area (TPSA) is 43.8 Å². The van der Waals surface area contributed by atoms with Gasteiger partial charge >= 0.3 is 0 Å². The number of hydrogen-bond donors (Lipinski definition) is 1. The molecule has 0 aliphatic carbocycles. The highest BCUT2D eigenvalue weighted by molar-refractivity contribution is 5.76. The molecule has 1 heterocycles. The van der Waals surface area contributed by atoms with E-state index in [9.17, 15) is 4.39 Å². The summed E-state index contributed by atoms with van der Waals surface area (Å²) in [6.45, 7) is 5.66. The minimum Gasteiger partial charge on any atom is -0.330 e. The standard InChI is InChI=1S/C13H18FN3/c1-3-17-12-5-4-10(14)8-11(12)16-13(17)9(2)6-7-15/h4-5,8-9H,3,6-7,15H2,1-2H3. The fraction of sp³-hybridized carbons (Fsp3) is 0.462.